The number of carbonyl (C=O) groups excluding carboxylic acids is 3. The molecular formula is C19H22N2O5. The minimum atomic E-state index is -0.603. The second-order valence-corrected chi connectivity index (χ2v) is 5.88. The van der Waals surface area contributed by atoms with Crippen LogP contribution in [0.1, 0.15) is 29.7 Å². The number of ether oxygens (including phenoxy) is 1. The molecule has 2 aromatic rings. The summed E-state index contributed by atoms with van der Waals surface area (Å²) in [4.78, 5) is 35.1. The summed E-state index contributed by atoms with van der Waals surface area (Å²) in [6, 6.07) is 9.09. The molecule has 0 unspecified atom stereocenters. The predicted molar refractivity (Wildman–Crippen MR) is 95.3 cm³/mol. The largest absolute Gasteiger partial charge is 0.467 e. The Bertz CT molecular complexity index is 768. The van der Waals surface area contributed by atoms with E-state index in [4.69, 9.17) is 9.15 Å². The number of esters is 1. The van der Waals surface area contributed by atoms with Crippen molar-refractivity contribution in [2.45, 2.75) is 33.2 Å². The molecule has 138 valence electrons. The number of carbonyl (C=O) groups is 3. The highest BCUT2D eigenvalue weighted by molar-refractivity contribution is 5.93. The van der Waals surface area contributed by atoms with Crippen LogP contribution in [0.5, 0.6) is 0 Å². The van der Waals surface area contributed by atoms with Crippen molar-refractivity contribution >= 4 is 23.5 Å². The number of benzene rings is 1. The maximum atomic E-state index is 11.8. The van der Waals surface area contributed by atoms with Crippen LogP contribution in [0.25, 0.3) is 0 Å². The van der Waals surface area contributed by atoms with Gasteiger partial charge in [-0.05, 0) is 37.6 Å². The third kappa shape index (κ3) is 6.43. The number of nitrogens with one attached hydrogen (secondary N) is 2. The summed E-state index contributed by atoms with van der Waals surface area (Å²) in [5.41, 5.74) is 2.70. The first-order valence-corrected chi connectivity index (χ1v) is 8.26. The van der Waals surface area contributed by atoms with Gasteiger partial charge in [-0.25, -0.2) is 0 Å². The molecule has 0 fully saturated rings. The van der Waals surface area contributed by atoms with Gasteiger partial charge in [0.05, 0.1) is 19.2 Å². The number of furan rings is 1. The minimum Gasteiger partial charge on any atom is -0.467 e. The van der Waals surface area contributed by atoms with E-state index in [1.165, 1.54) is 6.26 Å². The Kier molecular flexibility index (Phi) is 6.96. The Morgan fingerprint density at radius 1 is 1.08 bits per heavy atom. The predicted octanol–water partition coefficient (Wildman–Crippen LogP) is 2.47. The lowest BCUT2D eigenvalue weighted by Gasteiger charge is -2.09. The number of anilines is 1. The Labute approximate surface area is 151 Å². The summed E-state index contributed by atoms with van der Waals surface area (Å²) in [6.45, 7) is 3.72. The molecule has 26 heavy (non-hydrogen) atoms. The van der Waals surface area contributed by atoms with Gasteiger partial charge in [-0.3, -0.25) is 14.4 Å². The Balaban J connectivity index is 1.64. The summed E-state index contributed by atoms with van der Waals surface area (Å²) in [6.07, 6.45) is 1.40. The standard InChI is InChI=1S/C19H22N2O5/c1-13-5-6-16(14(2)10-13)21-18(23)12-26-19(24)8-7-17(22)20-11-15-4-3-9-25-15/h3-6,9-10H,7-8,11-12H2,1-2H3,(H,20,22)(H,21,23). The topological polar surface area (TPSA) is 97.6 Å². The molecule has 0 spiro atoms. The summed E-state index contributed by atoms with van der Waals surface area (Å²) in [5.74, 6) is -0.691. The van der Waals surface area contributed by atoms with Gasteiger partial charge in [0.25, 0.3) is 5.91 Å². The fourth-order valence-electron chi connectivity index (χ4n) is 2.26. The van der Waals surface area contributed by atoms with Crippen LogP contribution in [0.3, 0.4) is 0 Å². The SMILES string of the molecule is Cc1ccc(NC(=O)COC(=O)CCC(=O)NCc2ccco2)c(C)c1. The molecule has 2 N–H and O–H groups in total. The number of hydrogen-bond donors (Lipinski definition) is 2. The molecule has 0 saturated heterocycles. The highest BCUT2D eigenvalue weighted by Crippen LogP contribution is 2.15. The van der Waals surface area contributed by atoms with Crippen LogP contribution in [-0.2, 0) is 25.7 Å². The maximum absolute atomic E-state index is 11.8. The molecule has 0 atom stereocenters. The zero-order valence-electron chi connectivity index (χ0n) is 14.8. The van der Waals surface area contributed by atoms with Crippen LogP contribution in [0.2, 0.25) is 0 Å². The van der Waals surface area contributed by atoms with Crippen molar-refractivity contribution in [2.24, 2.45) is 0 Å². The third-order valence-corrected chi connectivity index (χ3v) is 3.62. The number of amides is 2. The lowest BCUT2D eigenvalue weighted by atomic mass is 10.1. The fourth-order valence-corrected chi connectivity index (χ4v) is 2.26. The van der Waals surface area contributed by atoms with E-state index in [-0.39, 0.29) is 31.9 Å². The van der Waals surface area contributed by atoms with Crippen LogP contribution in [0.4, 0.5) is 5.69 Å². The molecule has 1 aromatic heterocycles. The van der Waals surface area contributed by atoms with Crippen molar-refractivity contribution in [1.29, 1.82) is 0 Å². The Hall–Kier alpha value is -3.09. The van der Waals surface area contributed by atoms with Crippen molar-refractivity contribution in [1.82, 2.24) is 5.32 Å². The van der Waals surface area contributed by atoms with E-state index < -0.39 is 11.9 Å². The molecule has 0 saturated carbocycles. The molecule has 0 aliphatic rings. The first-order valence-electron chi connectivity index (χ1n) is 8.26. The average molecular weight is 358 g/mol. The second-order valence-electron chi connectivity index (χ2n) is 5.88. The maximum Gasteiger partial charge on any atom is 0.306 e. The molecule has 2 amide bonds. The van der Waals surface area contributed by atoms with Crippen LogP contribution in [0, 0.1) is 13.8 Å². The van der Waals surface area contributed by atoms with E-state index in [1.807, 2.05) is 26.0 Å². The van der Waals surface area contributed by atoms with E-state index in [0.717, 1.165) is 11.1 Å². The van der Waals surface area contributed by atoms with E-state index >= 15 is 0 Å². The number of aryl methyl sites for hydroxylation is 2. The smallest absolute Gasteiger partial charge is 0.306 e. The van der Waals surface area contributed by atoms with Crippen molar-refractivity contribution < 1.29 is 23.5 Å². The zero-order valence-corrected chi connectivity index (χ0v) is 14.8. The number of hydrogen-bond acceptors (Lipinski definition) is 5. The molecule has 7 heteroatoms. The molecule has 0 bridgehead atoms. The third-order valence-electron chi connectivity index (χ3n) is 3.62. The highest BCUT2D eigenvalue weighted by atomic mass is 16.5. The molecule has 1 heterocycles. The van der Waals surface area contributed by atoms with Gasteiger partial charge in [0.15, 0.2) is 6.61 Å². The van der Waals surface area contributed by atoms with Crippen molar-refractivity contribution in [3.63, 3.8) is 0 Å². The summed E-state index contributed by atoms with van der Waals surface area (Å²) in [5, 5.41) is 5.32. The Morgan fingerprint density at radius 3 is 2.58 bits per heavy atom. The minimum absolute atomic E-state index is 0.0156. The van der Waals surface area contributed by atoms with Crippen LogP contribution < -0.4 is 10.6 Å². The molecule has 0 radical (unpaired) electrons. The first kappa shape index (κ1) is 19.2. The van der Waals surface area contributed by atoms with E-state index in [9.17, 15) is 14.4 Å². The quantitative estimate of drug-likeness (QED) is 0.707. The zero-order chi connectivity index (χ0) is 18.9. The molecule has 0 aliphatic heterocycles. The normalized spacial score (nSPS) is 10.2. The van der Waals surface area contributed by atoms with E-state index in [1.54, 1.807) is 18.2 Å². The van der Waals surface area contributed by atoms with Gasteiger partial charge in [-0.2, -0.15) is 0 Å². The van der Waals surface area contributed by atoms with Gasteiger partial charge >= 0.3 is 5.97 Å². The van der Waals surface area contributed by atoms with Crippen molar-refractivity contribution in [2.75, 3.05) is 11.9 Å². The van der Waals surface area contributed by atoms with Gasteiger partial charge < -0.3 is 19.8 Å². The number of rotatable bonds is 8. The summed E-state index contributed by atoms with van der Waals surface area (Å²) in [7, 11) is 0. The van der Waals surface area contributed by atoms with Gasteiger partial charge in [0.1, 0.15) is 5.76 Å². The molecule has 0 aliphatic carbocycles. The molecule has 7 nitrogen and oxygen atoms in total. The first-order chi connectivity index (χ1) is 12.4. The fraction of sp³-hybridized carbons (Fsp3) is 0.316. The van der Waals surface area contributed by atoms with E-state index in [0.29, 0.717) is 11.4 Å². The van der Waals surface area contributed by atoms with Gasteiger partial charge in [-0.15, -0.1) is 0 Å². The van der Waals surface area contributed by atoms with E-state index in [2.05, 4.69) is 10.6 Å². The Morgan fingerprint density at radius 2 is 1.88 bits per heavy atom. The second kappa shape index (κ2) is 9.41. The molecule has 1 aromatic carbocycles. The highest BCUT2D eigenvalue weighted by Gasteiger charge is 2.11. The van der Waals surface area contributed by atoms with Crippen LogP contribution in [-0.4, -0.2) is 24.4 Å². The van der Waals surface area contributed by atoms with Crippen molar-refractivity contribution in [3.05, 3.63) is 53.5 Å². The lowest BCUT2D eigenvalue weighted by Crippen LogP contribution is -2.25. The molecule has 2 rings (SSSR count). The van der Waals surface area contributed by atoms with Crippen LogP contribution in [0.15, 0.2) is 41.0 Å². The van der Waals surface area contributed by atoms with Crippen molar-refractivity contribution in [3.8, 4) is 0 Å². The van der Waals surface area contributed by atoms with Gasteiger partial charge in [-0.1, -0.05) is 17.7 Å². The monoisotopic (exact) mass is 358 g/mol. The average Bonchev–Trinajstić information content (AvgIpc) is 3.12. The summed E-state index contributed by atoms with van der Waals surface area (Å²) >= 11 is 0. The molecular weight excluding hydrogens is 336 g/mol. The summed E-state index contributed by atoms with van der Waals surface area (Å²) < 4.78 is 9.98. The van der Waals surface area contributed by atoms with Crippen LogP contribution >= 0.6 is 0 Å². The van der Waals surface area contributed by atoms with Gasteiger partial charge in [0.2, 0.25) is 5.91 Å². The van der Waals surface area contributed by atoms with Gasteiger partial charge in [0, 0.05) is 12.1 Å². The lowest BCUT2D eigenvalue weighted by molar-refractivity contribution is -0.148.